The van der Waals surface area contributed by atoms with Crippen molar-refractivity contribution in [2.75, 3.05) is 12.4 Å². The first-order chi connectivity index (χ1) is 14.8. The molecule has 166 valence electrons. The minimum Gasteiger partial charge on any atom is -0.507 e. The SMILES string of the molecule is CCCc1c(OCCCSc2ccc(/C=C(\C)CC(=O)O)cc2)ccc(C(C)=O)c1O. The number of hydrogen-bond donors (Lipinski definition) is 2. The highest BCUT2D eigenvalue weighted by atomic mass is 32.2. The van der Waals surface area contributed by atoms with Gasteiger partial charge in [-0.25, -0.2) is 0 Å². The number of carboxylic acid groups (broad SMARTS) is 1. The first-order valence-corrected chi connectivity index (χ1v) is 11.4. The van der Waals surface area contributed by atoms with Gasteiger partial charge in [0.15, 0.2) is 5.78 Å². The summed E-state index contributed by atoms with van der Waals surface area (Å²) < 4.78 is 5.90. The largest absolute Gasteiger partial charge is 0.507 e. The van der Waals surface area contributed by atoms with Gasteiger partial charge in [-0.1, -0.05) is 37.1 Å². The third-order valence-corrected chi connectivity index (χ3v) is 5.76. The maximum absolute atomic E-state index is 11.7. The minimum atomic E-state index is -0.824. The van der Waals surface area contributed by atoms with Gasteiger partial charge in [0.2, 0.25) is 0 Å². The Hall–Kier alpha value is -2.73. The number of aliphatic carboxylic acids is 1. The molecular weight excluding hydrogens is 412 g/mol. The summed E-state index contributed by atoms with van der Waals surface area (Å²) in [6.45, 7) is 5.81. The van der Waals surface area contributed by atoms with Gasteiger partial charge in [0, 0.05) is 16.2 Å². The number of hydrogen-bond acceptors (Lipinski definition) is 5. The van der Waals surface area contributed by atoms with Crippen LogP contribution in [0.1, 0.15) is 61.5 Å². The number of rotatable bonds is 12. The lowest BCUT2D eigenvalue weighted by Gasteiger charge is -2.14. The van der Waals surface area contributed by atoms with Gasteiger partial charge in [-0.05, 0) is 56.5 Å². The molecule has 0 heterocycles. The Morgan fingerprint density at radius 1 is 1.10 bits per heavy atom. The Morgan fingerprint density at radius 3 is 2.42 bits per heavy atom. The zero-order chi connectivity index (χ0) is 22.8. The van der Waals surface area contributed by atoms with Crippen LogP contribution in [-0.4, -0.2) is 34.3 Å². The van der Waals surface area contributed by atoms with Crippen molar-refractivity contribution in [2.24, 2.45) is 0 Å². The van der Waals surface area contributed by atoms with E-state index in [0.717, 1.165) is 34.6 Å². The fraction of sp³-hybridized carbons (Fsp3) is 0.360. The molecule has 2 aromatic rings. The average molecular weight is 443 g/mol. The van der Waals surface area contributed by atoms with Crippen molar-refractivity contribution in [1.29, 1.82) is 0 Å². The van der Waals surface area contributed by atoms with E-state index in [9.17, 15) is 14.7 Å². The van der Waals surface area contributed by atoms with Crippen LogP contribution >= 0.6 is 11.8 Å². The quantitative estimate of drug-likeness (QED) is 0.239. The van der Waals surface area contributed by atoms with Crippen LogP contribution in [0.4, 0.5) is 0 Å². The van der Waals surface area contributed by atoms with Crippen molar-refractivity contribution in [3.63, 3.8) is 0 Å². The molecule has 0 fully saturated rings. The zero-order valence-electron chi connectivity index (χ0n) is 18.3. The molecule has 0 aromatic heterocycles. The number of Topliss-reactive ketones (excluding diaryl/α,β-unsaturated/α-hetero) is 1. The predicted molar refractivity (Wildman–Crippen MR) is 125 cm³/mol. The van der Waals surface area contributed by atoms with Crippen molar-refractivity contribution in [3.8, 4) is 11.5 Å². The van der Waals surface area contributed by atoms with Gasteiger partial charge >= 0.3 is 5.97 Å². The molecule has 0 amide bonds. The number of carbonyl (C=O) groups excluding carboxylic acids is 1. The summed E-state index contributed by atoms with van der Waals surface area (Å²) in [5.41, 5.74) is 2.84. The van der Waals surface area contributed by atoms with E-state index >= 15 is 0 Å². The van der Waals surface area contributed by atoms with E-state index in [1.807, 2.05) is 44.2 Å². The molecule has 0 spiro atoms. The molecule has 0 atom stereocenters. The number of aromatic hydroxyl groups is 1. The number of phenolic OH excluding ortho intramolecular Hbond substituents is 1. The first kappa shape index (κ1) is 24.5. The van der Waals surface area contributed by atoms with Gasteiger partial charge < -0.3 is 14.9 Å². The zero-order valence-corrected chi connectivity index (χ0v) is 19.1. The third-order valence-electron chi connectivity index (χ3n) is 4.66. The van der Waals surface area contributed by atoms with Gasteiger partial charge in [-0.15, -0.1) is 11.8 Å². The summed E-state index contributed by atoms with van der Waals surface area (Å²) >= 11 is 1.73. The van der Waals surface area contributed by atoms with E-state index in [4.69, 9.17) is 9.84 Å². The fourth-order valence-corrected chi connectivity index (χ4v) is 4.02. The molecule has 31 heavy (non-hydrogen) atoms. The van der Waals surface area contributed by atoms with Crippen LogP contribution in [0.3, 0.4) is 0 Å². The highest BCUT2D eigenvalue weighted by Gasteiger charge is 2.15. The Balaban J connectivity index is 1.85. The summed E-state index contributed by atoms with van der Waals surface area (Å²) in [4.78, 5) is 23.5. The second kappa shape index (κ2) is 12.2. The highest BCUT2D eigenvalue weighted by Crippen LogP contribution is 2.33. The summed E-state index contributed by atoms with van der Waals surface area (Å²) in [6.07, 6.45) is 4.28. The van der Waals surface area contributed by atoms with Crippen molar-refractivity contribution >= 4 is 29.6 Å². The molecule has 5 nitrogen and oxygen atoms in total. The van der Waals surface area contributed by atoms with Crippen LogP contribution in [0.2, 0.25) is 0 Å². The van der Waals surface area contributed by atoms with Crippen molar-refractivity contribution in [3.05, 3.63) is 58.7 Å². The molecule has 0 aliphatic carbocycles. The van der Waals surface area contributed by atoms with Crippen LogP contribution in [0.5, 0.6) is 11.5 Å². The Labute approximate surface area is 188 Å². The smallest absolute Gasteiger partial charge is 0.307 e. The highest BCUT2D eigenvalue weighted by molar-refractivity contribution is 7.99. The topological polar surface area (TPSA) is 83.8 Å². The van der Waals surface area contributed by atoms with E-state index in [0.29, 0.717) is 29.9 Å². The van der Waals surface area contributed by atoms with Crippen molar-refractivity contribution < 1.29 is 24.5 Å². The predicted octanol–water partition coefficient (Wildman–Crippen LogP) is 5.99. The van der Waals surface area contributed by atoms with Gasteiger partial charge in [-0.3, -0.25) is 9.59 Å². The molecule has 0 saturated carbocycles. The monoisotopic (exact) mass is 442 g/mol. The molecule has 0 radical (unpaired) electrons. The Kier molecular flexibility index (Phi) is 9.66. The summed E-state index contributed by atoms with van der Waals surface area (Å²) in [5, 5.41) is 19.2. The lowest BCUT2D eigenvalue weighted by molar-refractivity contribution is -0.136. The van der Waals surface area contributed by atoms with E-state index in [1.165, 1.54) is 6.92 Å². The number of benzene rings is 2. The third kappa shape index (κ3) is 7.79. The van der Waals surface area contributed by atoms with E-state index in [2.05, 4.69) is 0 Å². The average Bonchev–Trinajstić information content (AvgIpc) is 2.70. The maximum atomic E-state index is 11.7. The minimum absolute atomic E-state index is 0.0361. The van der Waals surface area contributed by atoms with E-state index in [-0.39, 0.29) is 18.0 Å². The number of carboxylic acids is 1. The van der Waals surface area contributed by atoms with Crippen LogP contribution in [-0.2, 0) is 11.2 Å². The molecule has 2 N–H and O–H groups in total. The molecule has 2 aromatic carbocycles. The standard InChI is InChI=1S/C25H30O5S/c1-4-6-22-23(12-11-21(18(3)26)25(22)29)30-13-5-14-31-20-9-7-19(8-10-20)15-17(2)16-24(27)28/h7-12,15,29H,4-6,13-14,16H2,1-3H3,(H,27,28)/b17-15+. The number of phenols is 1. The molecule has 0 bridgehead atoms. The van der Waals surface area contributed by atoms with E-state index < -0.39 is 5.97 Å². The second-order valence-electron chi connectivity index (χ2n) is 7.43. The lowest BCUT2D eigenvalue weighted by Crippen LogP contribution is -2.04. The van der Waals surface area contributed by atoms with Gasteiger partial charge in [0.25, 0.3) is 0 Å². The Bertz CT molecular complexity index is 932. The number of carbonyl (C=O) groups is 2. The van der Waals surface area contributed by atoms with Gasteiger partial charge in [0.05, 0.1) is 18.6 Å². The first-order valence-electron chi connectivity index (χ1n) is 10.4. The number of thioether (sulfide) groups is 1. The summed E-state index contributed by atoms with van der Waals surface area (Å²) in [6, 6.07) is 11.4. The molecule has 0 aliphatic heterocycles. The fourth-order valence-electron chi connectivity index (χ4n) is 3.19. The Morgan fingerprint density at radius 2 is 1.81 bits per heavy atom. The van der Waals surface area contributed by atoms with Crippen LogP contribution in [0, 0.1) is 0 Å². The van der Waals surface area contributed by atoms with Crippen LogP contribution in [0.15, 0.2) is 46.9 Å². The maximum Gasteiger partial charge on any atom is 0.307 e. The molecule has 0 saturated heterocycles. The van der Waals surface area contributed by atoms with Gasteiger partial charge in [-0.2, -0.15) is 0 Å². The molecule has 0 aliphatic rings. The van der Waals surface area contributed by atoms with Crippen molar-refractivity contribution in [2.45, 2.75) is 51.3 Å². The lowest BCUT2D eigenvalue weighted by atomic mass is 10.0. The molecule has 6 heteroatoms. The normalized spacial score (nSPS) is 11.4. The van der Waals surface area contributed by atoms with Crippen LogP contribution in [0.25, 0.3) is 6.08 Å². The summed E-state index contributed by atoms with van der Waals surface area (Å²) in [7, 11) is 0. The van der Waals surface area contributed by atoms with Gasteiger partial charge in [0.1, 0.15) is 11.5 Å². The number of ketones is 1. The molecule has 0 unspecified atom stereocenters. The second-order valence-corrected chi connectivity index (χ2v) is 8.59. The molecular formula is C25H30O5S. The molecule has 2 rings (SSSR count). The van der Waals surface area contributed by atoms with Crippen LogP contribution < -0.4 is 4.74 Å². The van der Waals surface area contributed by atoms with Crippen molar-refractivity contribution in [1.82, 2.24) is 0 Å². The number of ether oxygens (including phenoxy) is 1. The van der Waals surface area contributed by atoms with E-state index in [1.54, 1.807) is 23.9 Å². The summed E-state index contributed by atoms with van der Waals surface area (Å²) in [5.74, 6) is 0.580.